The zero-order valence-electron chi connectivity index (χ0n) is 17.0. The van der Waals surface area contributed by atoms with Crippen molar-refractivity contribution in [3.63, 3.8) is 0 Å². The molecule has 3 heterocycles. The lowest BCUT2D eigenvalue weighted by atomic mass is 9.57. The molecule has 4 aliphatic rings. The molecule has 0 aromatic heterocycles. The van der Waals surface area contributed by atoms with Gasteiger partial charge in [-0.05, 0) is 51.6 Å². The summed E-state index contributed by atoms with van der Waals surface area (Å²) in [6.07, 6.45) is 7.15. The third-order valence-corrected chi connectivity index (χ3v) is 7.24. The van der Waals surface area contributed by atoms with E-state index in [2.05, 4.69) is 35.9 Å². The van der Waals surface area contributed by atoms with Crippen LogP contribution in [-0.4, -0.2) is 73.8 Å². The Morgan fingerprint density at radius 1 is 1.15 bits per heavy atom. The number of ether oxygens (including phenoxy) is 1. The van der Waals surface area contributed by atoms with Crippen LogP contribution in [0.5, 0.6) is 0 Å². The van der Waals surface area contributed by atoms with Gasteiger partial charge in [0.25, 0.3) is 0 Å². The lowest BCUT2D eigenvalue weighted by molar-refractivity contribution is -0.107. The van der Waals surface area contributed by atoms with E-state index in [1.165, 1.54) is 58.3 Å². The molecule has 1 saturated carbocycles. The van der Waals surface area contributed by atoms with Crippen LogP contribution in [0.1, 0.15) is 52.9 Å². The van der Waals surface area contributed by atoms with Crippen molar-refractivity contribution in [2.75, 3.05) is 45.9 Å². The molecule has 148 valence electrons. The molecular formula is C21H38N4O. The minimum atomic E-state index is 0.211. The molecule has 26 heavy (non-hydrogen) atoms. The molecule has 4 atom stereocenters. The maximum atomic E-state index is 5.97. The van der Waals surface area contributed by atoms with Crippen molar-refractivity contribution in [2.24, 2.45) is 22.2 Å². The Balaban J connectivity index is 1.34. The molecule has 5 heteroatoms. The Hall–Kier alpha value is -0.810. The normalized spacial score (nSPS) is 37.5. The van der Waals surface area contributed by atoms with Gasteiger partial charge in [0.15, 0.2) is 5.96 Å². The second-order valence-electron chi connectivity index (χ2n) is 9.45. The summed E-state index contributed by atoms with van der Waals surface area (Å²) >= 11 is 0. The molecule has 3 aliphatic heterocycles. The molecule has 3 saturated heterocycles. The van der Waals surface area contributed by atoms with Gasteiger partial charge in [-0.2, -0.15) is 0 Å². The molecule has 4 fully saturated rings. The molecule has 0 radical (unpaired) electrons. The topological polar surface area (TPSA) is 40.1 Å². The van der Waals surface area contributed by atoms with Crippen LogP contribution in [0.2, 0.25) is 0 Å². The number of fused-ring (bicyclic) bond motifs is 1. The minimum Gasteiger partial charge on any atom is -0.377 e. The molecule has 0 bridgehead atoms. The summed E-state index contributed by atoms with van der Waals surface area (Å²) < 4.78 is 5.97. The number of rotatable bonds is 4. The van der Waals surface area contributed by atoms with Gasteiger partial charge >= 0.3 is 0 Å². The molecule has 0 aromatic carbocycles. The molecule has 0 aromatic rings. The third-order valence-electron chi connectivity index (χ3n) is 7.24. The van der Waals surface area contributed by atoms with E-state index in [1.807, 2.05) is 0 Å². The number of aliphatic imine (C=N–C) groups is 1. The first kappa shape index (κ1) is 18.5. The van der Waals surface area contributed by atoms with E-state index >= 15 is 0 Å². The lowest BCUT2D eigenvalue weighted by Crippen LogP contribution is -2.68. The molecular weight excluding hydrogens is 324 g/mol. The Morgan fingerprint density at radius 2 is 1.96 bits per heavy atom. The van der Waals surface area contributed by atoms with Crippen LogP contribution in [0.3, 0.4) is 0 Å². The predicted molar refractivity (Wildman–Crippen MR) is 106 cm³/mol. The van der Waals surface area contributed by atoms with Gasteiger partial charge in [0.05, 0.1) is 6.10 Å². The molecule has 1 N–H and O–H groups in total. The van der Waals surface area contributed by atoms with E-state index in [9.17, 15) is 0 Å². The van der Waals surface area contributed by atoms with Gasteiger partial charge < -0.3 is 19.9 Å². The highest BCUT2D eigenvalue weighted by Crippen LogP contribution is 2.52. The van der Waals surface area contributed by atoms with Crippen molar-refractivity contribution < 1.29 is 4.74 Å². The second-order valence-corrected chi connectivity index (χ2v) is 9.45. The van der Waals surface area contributed by atoms with E-state index in [0.29, 0.717) is 18.1 Å². The summed E-state index contributed by atoms with van der Waals surface area (Å²) in [6, 6.07) is 0.501. The zero-order valence-corrected chi connectivity index (χ0v) is 17.0. The molecule has 1 aliphatic carbocycles. The van der Waals surface area contributed by atoms with Crippen molar-refractivity contribution in [1.29, 1.82) is 0 Å². The van der Waals surface area contributed by atoms with Crippen molar-refractivity contribution in [3.05, 3.63) is 0 Å². The highest BCUT2D eigenvalue weighted by molar-refractivity contribution is 5.81. The number of guanidine groups is 1. The summed E-state index contributed by atoms with van der Waals surface area (Å²) in [6.45, 7) is 14.9. The van der Waals surface area contributed by atoms with Crippen molar-refractivity contribution in [1.82, 2.24) is 15.1 Å². The SMILES string of the molecule is CCN=C(NC1C2CCOC2C1(C)C)N1CCC(CN2CCCCC2)C1. The van der Waals surface area contributed by atoms with Crippen molar-refractivity contribution in [2.45, 2.75) is 65.0 Å². The fourth-order valence-electron chi connectivity index (χ4n) is 5.82. The number of piperidine rings is 1. The minimum absolute atomic E-state index is 0.211. The molecule has 4 unspecified atom stereocenters. The number of hydrogen-bond acceptors (Lipinski definition) is 3. The number of nitrogens with zero attached hydrogens (tertiary/aromatic N) is 3. The summed E-state index contributed by atoms with van der Waals surface area (Å²) in [5.74, 6) is 2.62. The average Bonchev–Trinajstić information content (AvgIpc) is 3.28. The van der Waals surface area contributed by atoms with Gasteiger partial charge in [-0.3, -0.25) is 4.99 Å². The first-order valence-electron chi connectivity index (χ1n) is 11.0. The Morgan fingerprint density at radius 3 is 2.73 bits per heavy atom. The van der Waals surface area contributed by atoms with Crippen LogP contribution in [0.4, 0.5) is 0 Å². The molecule has 0 amide bonds. The molecule has 0 spiro atoms. The fourth-order valence-corrected chi connectivity index (χ4v) is 5.82. The maximum Gasteiger partial charge on any atom is 0.194 e. The van der Waals surface area contributed by atoms with Crippen LogP contribution in [0.25, 0.3) is 0 Å². The lowest BCUT2D eigenvalue weighted by Gasteiger charge is -2.55. The van der Waals surface area contributed by atoms with Crippen LogP contribution < -0.4 is 5.32 Å². The summed E-state index contributed by atoms with van der Waals surface area (Å²) in [5.41, 5.74) is 0.211. The van der Waals surface area contributed by atoms with Gasteiger partial charge in [-0.25, -0.2) is 0 Å². The van der Waals surface area contributed by atoms with Crippen LogP contribution in [-0.2, 0) is 4.74 Å². The van der Waals surface area contributed by atoms with E-state index in [4.69, 9.17) is 9.73 Å². The first-order valence-corrected chi connectivity index (χ1v) is 11.0. The monoisotopic (exact) mass is 362 g/mol. The molecule has 5 nitrogen and oxygen atoms in total. The third kappa shape index (κ3) is 3.49. The standard InChI is InChI=1S/C21H38N4O/c1-4-22-20(23-18-17-9-13-26-19(17)21(18,2)3)25-12-8-16(15-25)14-24-10-6-5-7-11-24/h16-19H,4-15H2,1-3H3,(H,22,23). The summed E-state index contributed by atoms with van der Waals surface area (Å²) in [7, 11) is 0. The van der Waals surface area contributed by atoms with Gasteiger partial charge in [-0.15, -0.1) is 0 Å². The van der Waals surface area contributed by atoms with Crippen LogP contribution >= 0.6 is 0 Å². The van der Waals surface area contributed by atoms with Gasteiger partial charge in [0.2, 0.25) is 0 Å². The maximum absolute atomic E-state index is 5.97. The largest absolute Gasteiger partial charge is 0.377 e. The second kappa shape index (κ2) is 7.67. The Kier molecular flexibility index (Phi) is 5.47. The van der Waals surface area contributed by atoms with Crippen molar-refractivity contribution >= 4 is 5.96 Å². The van der Waals surface area contributed by atoms with Gasteiger partial charge in [0, 0.05) is 50.2 Å². The van der Waals surface area contributed by atoms with E-state index < -0.39 is 0 Å². The highest BCUT2D eigenvalue weighted by atomic mass is 16.5. The number of nitrogens with one attached hydrogen (secondary N) is 1. The highest BCUT2D eigenvalue weighted by Gasteiger charge is 2.59. The quantitative estimate of drug-likeness (QED) is 0.616. The number of hydrogen-bond donors (Lipinski definition) is 1. The Labute approximate surface area is 159 Å². The Bertz CT molecular complexity index is 514. The fraction of sp³-hybridized carbons (Fsp3) is 0.952. The van der Waals surface area contributed by atoms with Crippen LogP contribution in [0, 0.1) is 17.3 Å². The zero-order chi connectivity index (χ0) is 18.1. The first-order chi connectivity index (χ1) is 12.6. The van der Waals surface area contributed by atoms with E-state index in [-0.39, 0.29) is 5.41 Å². The summed E-state index contributed by atoms with van der Waals surface area (Å²) in [5, 5.41) is 3.86. The van der Waals surface area contributed by atoms with Crippen molar-refractivity contribution in [3.8, 4) is 0 Å². The van der Waals surface area contributed by atoms with E-state index in [0.717, 1.165) is 31.6 Å². The van der Waals surface area contributed by atoms with Gasteiger partial charge in [0.1, 0.15) is 0 Å². The average molecular weight is 363 g/mol. The summed E-state index contributed by atoms with van der Waals surface area (Å²) in [4.78, 5) is 10.1. The predicted octanol–water partition coefficient (Wildman–Crippen LogP) is 2.57. The van der Waals surface area contributed by atoms with Crippen LogP contribution in [0.15, 0.2) is 4.99 Å². The van der Waals surface area contributed by atoms with E-state index in [1.54, 1.807) is 0 Å². The smallest absolute Gasteiger partial charge is 0.194 e. The number of likely N-dealkylation sites (tertiary alicyclic amines) is 2. The van der Waals surface area contributed by atoms with Gasteiger partial charge in [-0.1, -0.05) is 20.3 Å². The molecule has 4 rings (SSSR count).